The maximum Gasteiger partial charge on any atom is 0.242 e. The van der Waals surface area contributed by atoms with E-state index in [9.17, 15) is 9.59 Å². The van der Waals surface area contributed by atoms with Gasteiger partial charge in [-0.3, -0.25) is 9.59 Å². The summed E-state index contributed by atoms with van der Waals surface area (Å²) in [5.41, 5.74) is 2.35. The number of hydrogen-bond donors (Lipinski definition) is 0. The van der Waals surface area contributed by atoms with Gasteiger partial charge < -0.3 is 14.5 Å². The Morgan fingerprint density at radius 1 is 1.28 bits per heavy atom. The molecule has 3 rings (SSSR count). The third-order valence-electron chi connectivity index (χ3n) is 5.68. The summed E-state index contributed by atoms with van der Waals surface area (Å²) in [5.74, 6) is 0.721. The zero-order chi connectivity index (χ0) is 21.0. The van der Waals surface area contributed by atoms with Gasteiger partial charge in [-0.05, 0) is 55.8 Å². The van der Waals surface area contributed by atoms with Crippen LogP contribution in [0.5, 0.6) is 5.75 Å². The van der Waals surface area contributed by atoms with Crippen molar-refractivity contribution in [1.82, 2.24) is 9.80 Å². The zero-order valence-electron chi connectivity index (χ0n) is 17.7. The van der Waals surface area contributed by atoms with E-state index in [2.05, 4.69) is 11.4 Å². The van der Waals surface area contributed by atoms with Crippen molar-refractivity contribution in [1.29, 1.82) is 0 Å². The van der Waals surface area contributed by atoms with E-state index in [0.29, 0.717) is 13.2 Å². The predicted octanol–water partition coefficient (Wildman–Crippen LogP) is 4.21. The van der Waals surface area contributed by atoms with E-state index < -0.39 is 0 Å². The molecule has 0 fully saturated rings. The first kappa shape index (κ1) is 21.4. The molecule has 2 heterocycles. The van der Waals surface area contributed by atoms with Crippen LogP contribution in [0.1, 0.15) is 49.2 Å². The summed E-state index contributed by atoms with van der Waals surface area (Å²) in [6.45, 7) is 8.76. The summed E-state index contributed by atoms with van der Waals surface area (Å²) in [6, 6.07) is 9.96. The first-order valence-corrected chi connectivity index (χ1v) is 11.1. The number of ether oxygens (including phenoxy) is 1. The average molecular weight is 415 g/mol. The molecule has 29 heavy (non-hydrogen) atoms. The van der Waals surface area contributed by atoms with Crippen LogP contribution in [0.15, 0.2) is 35.7 Å². The Morgan fingerprint density at radius 3 is 2.66 bits per heavy atom. The van der Waals surface area contributed by atoms with E-state index >= 15 is 0 Å². The molecule has 0 saturated carbocycles. The molecule has 2 aromatic rings. The molecule has 1 aliphatic rings. The minimum Gasteiger partial charge on any atom is -0.491 e. The van der Waals surface area contributed by atoms with Crippen LogP contribution in [0, 0.1) is 6.92 Å². The number of benzene rings is 1. The maximum atomic E-state index is 13.2. The predicted molar refractivity (Wildman–Crippen MR) is 116 cm³/mol. The second kappa shape index (κ2) is 9.44. The fourth-order valence-electron chi connectivity index (χ4n) is 3.72. The largest absolute Gasteiger partial charge is 0.491 e. The van der Waals surface area contributed by atoms with Gasteiger partial charge in [0, 0.05) is 24.4 Å². The summed E-state index contributed by atoms with van der Waals surface area (Å²) in [7, 11) is 0. The number of rotatable bonds is 7. The summed E-state index contributed by atoms with van der Waals surface area (Å²) in [5, 5.41) is 2.08. The fourth-order valence-corrected chi connectivity index (χ4v) is 4.65. The molecule has 0 radical (unpaired) electrons. The number of fused-ring (bicyclic) bond motifs is 1. The number of nitrogens with zero attached hydrogens (tertiary/aromatic N) is 2. The van der Waals surface area contributed by atoms with Gasteiger partial charge >= 0.3 is 0 Å². The van der Waals surface area contributed by atoms with E-state index in [4.69, 9.17) is 4.74 Å². The Morgan fingerprint density at radius 2 is 2.00 bits per heavy atom. The molecule has 0 N–H and O–H groups in total. The Balaban J connectivity index is 1.77. The molecule has 0 aliphatic carbocycles. The van der Waals surface area contributed by atoms with Crippen LogP contribution in [0.3, 0.4) is 0 Å². The van der Waals surface area contributed by atoms with Crippen molar-refractivity contribution in [2.45, 2.75) is 52.6 Å². The highest BCUT2D eigenvalue weighted by Crippen LogP contribution is 2.34. The average Bonchev–Trinajstić information content (AvgIpc) is 3.19. The van der Waals surface area contributed by atoms with Crippen molar-refractivity contribution in [3.63, 3.8) is 0 Å². The molecular weight excluding hydrogens is 384 g/mol. The lowest BCUT2D eigenvalue weighted by atomic mass is 10.00. The van der Waals surface area contributed by atoms with E-state index in [-0.39, 0.29) is 30.4 Å². The van der Waals surface area contributed by atoms with E-state index in [1.54, 1.807) is 16.2 Å². The normalized spacial score (nSPS) is 16.8. The highest BCUT2D eigenvalue weighted by molar-refractivity contribution is 7.10. The van der Waals surface area contributed by atoms with E-state index in [1.807, 2.05) is 49.9 Å². The zero-order valence-corrected chi connectivity index (χ0v) is 18.5. The Bertz CT molecular complexity index is 846. The number of carbonyl (C=O) groups excluding carboxylic acids is 2. The molecule has 6 heteroatoms. The third-order valence-corrected chi connectivity index (χ3v) is 6.67. The van der Waals surface area contributed by atoms with Crippen LogP contribution in [0.2, 0.25) is 0 Å². The maximum absolute atomic E-state index is 13.2. The van der Waals surface area contributed by atoms with Gasteiger partial charge in [-0.1, -0.05) is 24.6 Å². The minimum absolute atomic E-state index is 0.0187. The van der Waals surface area contributed by atoms with E-state index in [0.717, 1.165) is 18.6 Å². The second-order valence-electron chi connectivity index (χ2n) is 7.68. The second-order valence-corrected chi connectivity index (χ2v) is 8.68. The van der Waals surface area contributed by atoms with Gasteiger partial charge in [0.2, 0.25) is 11.8 Å². The quantitative estimate of drug-likeness (QED) is 0.682. The van der Waals surface area contributed by atoms with Gasteiger partial charge in [0.15, 0.2) is 0 Å². The van der Waals surface area contributed by atoms with Crippen LogP contribution >= 0.6 is 11.3 Å². The van der Waals surface area contributed by atoms with Crippen molar-refractivity contribution < 1.29 is 14.3 Å². The van der Waals surface area contributed by atoms with Crippen molar-refractivity contribution >= 4 is 23.2 Å². The third kappa shape index (κ3) is 4.99. The first-order valence-electron chi connectivity index (χ1n) is 10.2. The molecule has 0 unspecified atom stereocenters. The number of aryl methyl sites for hydroxylation is 1. The summed E-state index contributed by atoms with van der Waals surface area (Å²) < 4.78 is 6.06. The van der Waals surface area contributed by atoms with Crippen LogP contribution in [-0.2, 0) is 16.0 Å². The highest BCUT2D eigenvalue weighted by Gasteiger charge is 2.33. The first-order chi connectivity index (χ1) is 13.9. The van der Waals surface area contributed by atoms with Crippen molar-refractivity contribution in [3.05, 3.63) is 51.7 Å². The number of thiophene rings is 1. The molecule has 1 aromatic carbocycles. The van der Waals surface area contributed by atoms with E-state index in [1.165, 1.54) is 22.9 Å². The lowest BCUT2D eigenvalue weighted by molar-refractivity contribution is -0.143. The lowest BCUT2D eigenvalue weighted by Gasteiger charge is -2.37. The van der Waals surface area contributed by atoms with Gasteiger partial charge in [-0.15, -0.1) is 11.3 Å². The minimum atomic E-state index is -0.135. The Kier molecular flexibility index (Phi) is 6.96. The Labute approximate surface area is 177 Å². The molecule has 2 amide bonds. The van der Waals surface area contributed by atoms with Crippen LogP contribution in [-0.4, -0.2) is 47.4 Å². The number of amides is 2. The highest BCUT2D eigenvalue weighted by atomic mass is 32.1. The van der Waals surface area contributed by atoms with Gasteiger partial charge in [0.05, 0.1) is 12.6 Å². The summed E-state index contributed by atoms with van der Waals surface area (Å²) in [6.07, 6.45) is 1.67. The fraction of sp³-hybridized carbons (Fsp3) is 0.478. The molecular formula is C23H30N2O3S. The van der Waals surface area contributed by atoms with Crippen molar-refractivity contribution in [2.24, 2.45) is 0 Å². The lowest BCUT2D eigenvalue weighted by Crippen LogP contribution is -2.49. The number of carbonyl (C=O) groups is 2. The molecule has 1 aromatic heterocycles. The van der Waals surface area contributed by atoms with Crippen molar-refractivity contribution in [3.8, 4) is 5.75 Å². The SMILES string of the molecule is CC[C@H](C)N(CC(=O)N1CCc2sccc2[C@H]1COc1ccc(C)cc1)C(C)=O. The number of hydrogen-bond acceptors (Lipinski definition) is 4. The van der Waals surface area contributed by atoms with Crippen LogP contribution < -0.4 is 4.74 Å². The molecule has 5 nitrogen and oxygen atoms in total. The summed E-state index contributed by atoms with van der Waals surface area (Å²) in [4.78, 5) is 30.2. The standard InChI is InChI=1S/C23H30N2O3S/c1-5-17(3)25(18(4)26)14-23(27)24-12-10-22-20(11-13-29-22)21(24)15-28-19-8-6-16(2)7-9-19/h6-9,11,13,17,21H,5,10,12,14-15H2,1-4H3/t17-,21+/m0/s1. The molecule has 2 atom stereocenters. The van der Waals surface area contributed by atoms with Gasteiger partial charge in [0.25, 0.3) is 0 Å². The van der Waals surface area contributed by atoms with Crippen molar-refractivity contribution in [2.75, 3.05) is 19.7 Å². The Hall–Kier alpha value is -2.34. The molecule has 0 bridgehead atoms. The summed E-state index contributed by atoms with van der Waals surface area (Å²) >= 11 is 1.74. The van der Waals surface area contributed by atoms with Crippen LogP contribution in [0.4, 0.5) is 0 Å². The molecule has 0 saturated heterocycles. The topological polar surface area (TPSA) is 49.9 Å². The monoisotopic (exact) mass is 414 g/mol. The smallest absolute Gasteiger partial charge is 0.242 e. The van der Waals surface area contributed by atoms with Crippen LogP contribution in [0.25, 0.3) is 0 Å². The molecule has 156 valence electrons. The van der Waals surface area contributed by atoms with Gasteiger partial charge in [-0.25, -0.2) is 0 Å². The molecule has 0 spiro atoms. The van der Waals surface area contributed by atoms with Gasteiger partial charge in [-0.2, -0.15) is 0 Å². The molecule has 1 aliphatic heterocycles. The van der Waals surface area contributed by atoms with Gasteiger partial charge in [0.1, 0.15) is 12.4 Å².